The van der Waals surface area contributed by atoms with E-state index in [2.05, 4.69) is 16.7 Å². The number of aryl methyl sites for hydroxylation is 1. The summed E-state index contributed by atoms with van der Waals surface area (Å²) in [5, 5.41) is 0. The number of ether oxygens (including phenoxy) is 1. The highest BCUT2D eigenvalue weighted by Crippen LogP contribution is 2.33. The first-order valence-electron chi connectivity index (χ1n) is 12.4. The third kappa shape index (κ3) is 4.02. The molecule has 1 atom stereocenters. The van der Waals surface area contributed by atoms with Crippen LogP contribution in [-0.2, 0) is 20.1 Å². The summed E-state index contributed by atoms with van der Waals surface area (Å²) in [6, 6.07) is 7.94. The molecule has 0 radical (unpaired) electrons. The van der Waals surface area contributed by atoms with Gasteiger partial charge in [-0.15, -0.1) is 0 Å². The summed E-state index contributed by atoms with van der Waals surface area (Å²) in [7, 11) is 1.71. The van der Waals surface area contributed by atoms with E-state index in [0.717, 1.165) is 37.6 Å². The van der Waals surface area contributed by atoms with Crippen LogP contribution >= 0.6 is 0 Å². The van der Waals surface area contributed by atoms with E-state index in [4.69, 9.17) is 9.72 Å². The summed E-state index contributed by atoms with van der Waals surface area (Å²) in [5.74, 6) is 1.84. The Labute approximate surface area is 199 Å². The van der Waals surface area contributed by atoms with Crippen molar-refractivity contribution in [1.82, 2.24) is 23.6 Å². The number of anilines is 2. The molecule has 182 valence electrons. The maximum atomic E-state index is 13.6. The number of rotatable bonds is 6. The zero-order chi connectivity index (χ0) is 23.8. The number of benzene rings is 1. The quantitative estimate of drug-likeness (QED) is 0.556. The van der Waals surface area contributed by atoms with Crippen LogP contribution in [0.4, 0.5) is 11.6 Å². The van der Waals surface area contributed by atoms with Crippen LogP contribution in [-0.4, -0.2) is 56.4 Å². The van der Waals surface area contributed by atoms with Gasteiger partial charge in [-0.1, -0.05) is 13.3 Å². The van der Waals surface area contributed by atoms with Gasteiger partial charge in [0.2, 0.25) is 5.95 Å². The topological polar surface area (TPSA) is 77.5 Å². The molecule has 2 aliphatic heterocycles. The Kier molecular flexibility index (Phi) is 6.20. The average molecular weight is 467 g/mol. The first-order valence-corrected chi connectivity index (χ1v) is 12.4. The monoisotopic (exact) mass is 466 g/mol. The van der Waals surface area contributed by atoms with Crippen molar-refractivity contribution in [3.05, 3.63) is 45.1 Å². The molecule has 0 aliphatic carbocycles. The van der Waals surface area contributed by atoms with Crippen LogP contribution in [0, 0.1) is 5.92 Å². The van der Waals surface area contributed by atoms with Gasteiger partial charge in [0.05, 0.1) is 6.61 Å². The van der Waals surface area contributed by atoms with E-state index in [0.29, 0.717) is 42.7 Å². The summed E-state index contributed by atoms with van der Waals surface area (Å²) in [6.07, 6.45) is 3.62. The first kappa shape index (κ1) is 22.7. The van der Waals surface area contributed by atoms with Crippen LogP contribution in [0.5, 0.6) is 5.75 Å². The molecule has 0 bridgehead atoms. The van der Waals surface area contributed by atoms with E-state index >= 15 is 0 Å². The van der Waals surface area contributed by atoms with Crippen LogP contribution in [0.25, 0.3) is 11.2 Å². The zero-order valence-corrected chi connectivity index (χ0v) is 20.4. The second-order valence-corrected chi connectivity index (χ2v) is 9.54. The van der Waals surface area contributed by atoms with Gasteiger partial charge in [-0.05, 0) is 63.0 Å². The van der Waals surface area contributed by atoms with Crippen LogP contribution < -0.4 is 20.9 Å². The van der Waals surface area contributed by atoms with Crippen molar-refractivity contribution in [3.63, 3.8) is 0 Å². The molecule has 9 nitrogen and oxygen atoms in total. The van der Waals surface area contributed by atoms with Crippen LogP contribution in [0.3, 0.4) is 0 Å². The van der Waals surface area contributed by atoms with E-state index < -0.39 is 0 Å². The molecule has 0 amide bonds. The molecule has 9 heteroatoms. The van der Waals surface area contributed by atoms with E-state index in [9.17, 15) is 9.59 Å². The second-order valence-electron chi connectivity index (χ2n) is 9.54. The highest BCUT2D eigenvalue weighted by Gasteiger charge is 2.30. The number of hydrogen-bond acceptors (Lipinski definition) is 6. The Morgan fingerprint density at radius 1 is 1.03 bits per heavy atom. The molecule has 0 N–H and O–H groups in total. The molecule has 0 spiro atoms. The zero-order valence-electron chi connectivity index (χ0n) is 20.4. The first-order chi connectivity index (χ1) is 16.5. The van der Waals surface area contributed by atoms with Crippen LogP contribution in [0.1, 0.15) is 33.1 Å². The third-order valence-electron chi connectivity index (χ3n) is 6.99. The lowest BCUT2D eigenvalue weighted by Crippen LogP contribution is -2.43. The normalized spacial score (nSPS) is 18.9. The van der Waals surface area contributed by atoms with Gasteiger partial charge < -0.3 is 19.1 Å². The Hall–Kier alpha value is -3.07. The molecule has 1 aromatic carbocycles. The van der Waals surface area contributed by atoms with E-state index in [-0.39, 0.29) is 11.2 Å². The largest absolute Gasteiger partial charge is 0.494 e. The Morgan fingerprint density at radius 2 is 1.76 bits per heavy atom. The number of aromatic nitrogens is 4. The van der Waals surface area contributed by atoms with E-state index in [1.54, 1.807) is 7.05 Å². The van der Waals surface area contributed by atoms with Gasteiger partial charge >= 0.3 is 5.69 Å². The fourth-order valence-electron chi connectivity index (χ4n) is 5.23. The molecule has 1 saturated heterocycles. The van der Waals surface area contributed by atoms with Gasteiger partial charge in [0.1, 0.15) is 5.75 Å². The molecule has 34 heavy (non-hydrogen) atoms. The lowest BCUT2D eigenvalue weighted by Gasteiger charge is -2.33. The highest BCUT2D eigenvalue weighted by atomic mass is 16.5. The number of imidazole rings is 1. The van der Waals surface area contributed by atoms with Gasteiger partial charge in [0.25, 0.3) is 5.56 Å². The summed E-state index contributed by atoms with van der Waals surface area (Å²) in [6.45, 7) is 9.43. The van der Waals surface area contributed by atoms with Crippen molar-refractivity contribution in [3.8, 4) is 5.75 Å². The molecule has 0 saturated carbocycles. The highest BCUT2D eigenvalue weighted by molar-refractivity contribution is 5.77. The molecule has 1 fully saturated rings. The van der Waals surface area contributed by atoms with Gasteiger partial charge in [-0.3, -0.25) is 13.9 Å². The standard InChI is InChI=1S/C25H34N6O3/c1-4-34-20-10-8-19(9-11-20)30-16-18(2)17-31-21-22(26-24(30)31)27(3)25(33)29(23(21)32)15-14-28-12-6-5-7-13-28/h8-11,18H,4-7,12-17H2,1-3H3. The summed E-state index contributed by atoms with van der Waals surface area (Å²) < 4.78 is 10.5. The number of piperidine rings is 1. The summed E-state index contributed by atoms with van der Waals surface area (Å²) in [5.41, 5.74) is 1.41. The Bertz CT molecular complexity index is 1280. The van der Waals surface area contributed by atoms with Gasteiger partial charge in [-0.25, -0.2) is 4.79 Å². The number of likely N-dealkylation sites (tertiary alicyclic amines) is 1. The predicted molar refractivity (Wildman–Crippen MR) is 133 cm³/mol. The third-order valence-corrected chi connectivity index (χ3v) is 6.99. The Balaban J connectivity index is 1.56. The number of nitrogens with zero attached hydrogens (tertiary/aromatic N) is 6. The maximum Gasteiger partial charge on any atom is 0.332 e. The smallest absolute Gasteiger partial charge is 0.332 e. The lowest BCUT2D eigenvalue weighted by atomic mass is 10.1. The van der Waals surface area contributed by atoms with Crippen LogP contribution in [0.15, 0.2) is 33.9 Å². The molecule has 1 unspecified atom stereocenters. The van der Waals surface area contributed by atoms with Crippen molar-refractivity contribution in [2.75, 3.05) is 37.7 Å². The van der Waals surface area contributed by atoms with Crippen molar-refractivity contribution in [1.29, 1.82) is 0 Å². The summed E-state index contributed by atoms with van der Waals surface area (Å²) >= 11 is 0. The fraction of sp³-hybridized carbons (Fsp3) is 0.560. The molecule has 2 aromatic heterocycles. The summed E-state index contributed by atoms with van der Waals surface area (Å²) in [4.78, 5) is 36.0. The molecular formula is C25H34N6O3. The fourth-order valence-corrected chi connectivity index (χ4v) is 5.23. The molecule has 4 heterocycles. The molecule has 3 aromatic rings. The van der Waals surface area contributed by atoms with Crippen molar-refractivity contribution >= 4 is 22.8 Å². The minimum Gasteiger partial charge on any atom is -0.494 e. The average Bonchev–Trinajstić information content (AvgIpc) is 3.23. The van der Waals surface area contributed by atoms with Gasteiger partial charge in [0.15, 0.2) is 11.2 Å². The lowest BCUT2D eigenvalue weighted by molar-refractivity contribution is 0.218. The van der Waals surface area contributed by atoms with Crippen molar-refractivity contribution in [2.45, 2.75) is 46.2 Å². The van der Waals surface area contributed by atoms with E-state index in [1.807, 2.05) is 35.8 Å². The van der Waals surface area contributed by atoms with Crippen LogP contribution in [0.2, 0.25) is 0 Å². The van der Waals surface area contributed by atoms with Crippen molar-refractivity contribution < 1.29 is 4.74 Å². The SMILES string of the molecule is CCOc1ccc(N2CC(C)Cn3c2nc2c3c(=O)n(CCN3CCCCC3)c(=O)n2C)cc1. The second kappa shape index (κ2) is 9.29. The Morgan fingerprint density at radius 3 is 2.47 bits per heavy atom. The minimum atomic E-state index is -0.300. The van der Waals surface area contributed by atoms with E-state index in [1.165, 1.54) is 28.4 Å². The van der Waals surface area contributed by atoms with Gasteiger partial charge in [-0.2, -0.15) is 4.98 Å². The maximum absolute atomic E-state index is 13.6. The molecular weight excluding hydrogens is 432 g/mol. The predicted octanol–water partition coefficient (Wildman–Crippen LogP) is 2.57. The number of hydrogen-bond donors (Lipinski definition) is 0. The molecule has 2 aliphatic rings. The molecule has 5 rings (SSSR count). The van der Waals surface area contributed by atoms with Gasteiger partial charge in [0, 0.05) is 38.9 Å². The minimum absolute atomic E-state index is 0.241. The number of fused-ring (bicyclic) bond motifs is 3. The van der Waals surface area contributed by atoms with Crippen molar-refractivity contribution in [2.24, 2.45) is 13.0 Å².